The van der Waals surface area contributed by atoms with Crippen LogP contribution in [-0.4, -0.2) is 34.6 Å². The minimum absolute atomic E-state index is 0.183. The zero-order valence-corrected chi connectivity index (χ0v) is 8.15. The minimum atomic E-state index is -0.682. The molecule has 1 aromatic rings. The lowest BCUT2D eigenvalue weighted by Crippen LogP contribution is -2.35. The SMILES string of the molecule is OCC(CO)NCc1ccc(O)c(F)c1. The molecular weight excluding hydrogens is 201 g/mol. The lowest BCUT2D eigenvalue weighted by Gasteiger charge is -2.13. The lowest BCUT2D eigenvalue weighted by atomic mass is 10.2. The Morgan fingerprint density at radius 1 is 1.27 bits per heavy atom. The van der Waals surface area contributed by atoms with Gasteiger partial charge in [0.05, 0.1) is 19.3 Å². The van der Waals surface area contributed by atoms with Gasteiger partial charge in [-0.25, -0.2) is 4.39 Å². The molecule has 0 heterocycles. The van der Waals surface area contributed by atoms with Gasteiger partial charge >= 0.3 is 0 Å². The van der Waals surface area contributed by atoms with E-state index < -0.39 is 11.9 Å². The zero-order valence-electron chi connectivity index (χ0n) is 8.15. The molecular formula is C10H14FNO3. The summed E-state index contributed by atoms with van der Waals surface area (Å²) in [6.45, 7) is -0.0445. The first kappa shape index (κ1) is 11.9. The Bertz CT molecular complexity index is 316. The molecule has 0 amide bonds. The Hall–Kier alpha value is -1.17. The number of aliphatic hydroxyl groups excluding tert-OH is 2. The van der Waals surface area contributed by atoms with Crippen molar-refractivity contribution in [3.63, 3.8) is 0 Å². The van der Waals surface area contributed by atoms with Crippen molar-refractivity contribution in [3.05, 3.63) is 29.6 Å². The highest BCUT2D eigenvalue weighted by Crippen LogP contribution is 2.15. The largest absolute Gasteiger partial charge is 0.505 e. The molecule has 1 rings (SSSR count). The maximum atomic E-state index is 12.9. The molecule has 0 bridgehead atoms. The molecule has 0 atom stereocenters. The number of benzene rings is 1. The topological polar surface area (TPSA) is 72.7 Å². The summed E-state index contributed by atoms with van der Waals surface area (Å²) in [5.41, 5.74) is 0.636. The first-order chi connectivity index (χ1) is 7.17. The van der Waals surface area contributed by atoms with Crippen LogP contribution < -0.4 is 5.32 Å². The fraction of sp³-hybridized carbons (Fsp3) is 0.400. The first-order valence-electron chi connectivity index (χ1n) is 4.60. The smallest absolute Gasteiger partial charge is 0.165 e. The molecule has 0 unspecified atom stereocenters. The third kappa shape index (κ3) is 3.47. The first-order valence-corrected chi connectivity index (χ1v) is 4.60. The molecule has 0 saturated heterocycles. The van der Waals surface area contributed by atoms with E-state index in [0.717, 1.165) is 0 Å². The number of halogens is 1. The van der Waals surface area contributed by atoms with Gasteiger partial charge < -0.3 is 20.6 Å². The predicted octanol–water partition coefficient (Wildman–Crippen LogP) is -0.0259. The van der Waals surface area contributed by atoms with E-state index in [9.17, 15) is 4.39 Å². The van der Waals surface area contributed by atoms with Gasteiger partial charge in [-0.1, -0.05) is 6.07 Å². The van der Waals surface area contributed by atoms with Crippen molar-refractivity contribution < 1.29 is 19.7 Å². The number of hydrogen-bond donors (Lipinski definition) is 4. The van der Waals surface area contributed by atoms with Crippen molar-refractivity contribution in [2.24, 2.45) is 0 Å². The number of aromatic hydroxyl groups is 1. The maximum Gasteiger partial charge on any atom is 0.165 e. The van der Waals surface area contributed by atoms with Crippen molar-refractivity contribution in [2.75, 3.05) is 13.2 Å². The van der Waals surface area contributed by atoms with Crippen molar-refractivity contribution >= 4 is 0 Å². The molecule has 1 aromatic carbocycles. The quantitative estimate of drug-likeness (QED) is 0.557. The second-order valence-electron chi connectivity index (χ2n) is 3.23. The minimum Gasteiger partial charge on any atom is -0.505 e. The second kappa shape index (κ2) is 5.65. The highest BCUT2D eigenvalue weighted by molar-refractivity contribution is 5.27. The van der Waals surface area contributed by atoms with Crippen LogP contribution in [-0.2, 0) is 6.54 Å². The molecule has 15 heavy (non-hydrogen) atoms. The Kier molecular flexibility index (Phi) is 4.48. The predicted molar refractivity (Wildman–Crippen MR) is 52.9 cm³/mol. The third-order valence-corrected chi connectivity index (χ3v) is 2.05. The van der Waals surface area contributed by atoms with E-state index in [1.54, 1.807) is 6.07 Å². The van der Waals surface area contributed by atoms with Gasteiger partial charge in [-0.15, -0.1) is 0 Å². The van der Waals surface area contributed by atoms with E-state index in [0.29, 0.717) is 12.1 Å². The van der Waals surface area contributed by atoms with Crippen LogP contribution >= 0.6 is 0 Å². The van der Waals surface area contributed by atoms with E-state index in [-0.39, 0.29) is 19.0 Å². The molecule has 4 nitrogen and oxygen atoms in total. The molecule has 84 valence electrons. The Morgan fingerprint density at radius 2 is 1.93 bits per heavy atom. The maximum absolute atomic E-state index is 12.9. The molecule has 0 saturated carbocycles. The van der Waals surface area contributed by atoms with Crippen LogP contribution in [0.2, 0.25) is 0 Å². The van der Waals surface area contributed by atoms with Crippen LogP contribution in [0.3, 0.4) is 0 Å². The van der Waals surface area contributed by atoms with Crippen molar-refractivity contribution in [2.45, 2.75) is 12.6 Å². The number of nitrogens with one attached hydrogen (secondary N) is 1. The summed E-state index contributed by atoms with van der Waals surface area (Å²) in [7, 11) is 0. The van der Waals surface area contributed by atoms with Crippen LogP contribution in [0, 0.1) is 5.82 Å². The van der Waals surface area contributed by atoms with Crippen molar-refractivity contribution in [1.82, 2.24) is 5.32 Å². The average Bonchev–Trinajstić information content (AvgIpc) is 2.24. The molecule has 4 N–H and O–H groups in total. The summed E-state index contributed by atoms with van der Waals surface area (Å²) in [5.74, 6) is -1.07. The zero-order chi connectivity index (χ0) is 11.3. The van der Waals surface area contributed by atoms with Crippen LogP contribution in [0.15, 0.2) is 18.2 Å². The van der Waals surface area contributed by atoms with Gasteiger partial charge in [-0.2, -0.15) is 0 Å². The number of phenols is 1. The summed E-state index contributed by atoms with van der Waals surface area (Å²) < 4.78 is 12.9. The molecule has 0 aliphatic heterocycles. The van der Waals surface area contributed by atoms with Gasteiger partial charge in [0, 0.05) is 6.54 Å². The fourth-order valence-electron chi connectivity index (χ4n) is 1.11. The summed E-state index contributed by atoms with van der Waals surface area (Å²) in [6.07, 6.45) is 0. The summed E-state index contributed by atoms with van der Waals surface area (Å²) >= 11 is 0. The fourth-order valence-corrected chi connectivity index (χ4v) is 1.11. The van der Waals surface area contributed by atoms with E-state index >= 15 is 0 Å². The highest BCUT2D eigenvalue weighted by atomic mass is 19.1. The Labute approximate surface area is 87.0 Å². The van der Waals surface area contributed by atoms with Crippen LogP contribution in [0.25, 0.3) is 0 Å². The lowest BCUT2D eigenvalue weighted by molar-refractivity contribution is 0.170. The van der Waals surface area contributed by atoms with E-state index in [1.165, 1.54) is 12.1 Å². The van der Waals surface area contributed by atoms with Crippen molar-refractivity contribution in [3.8, 4) is 5.75 Å². The van der Waals surface area contributed by atoms with E-state index in [1.807, 2.05) is 0 Å². The summed E-state index contributed by atoms with van der Waals surface area (Å²) in [5, 5.41) is 29.3. The summed E-state index contributed by atoms with van der Waals surface area (Å²) in [4.78, 5) is 0. The normalized spacial score (nSPS) is 10.9. The van der Waals surface area contributed by atoms with Crippen LogP contribution in [0.5, 0.6) is 5.75 Å². The molecule has 0 aliphatic rings. The van der Waals surface area contributed by atoms with Gasteiger partial charge in [0.15, 0.2) is 11.6 Å². The average molecular weight is 215 g/mol. The molecule has 0 spiro atoms. The van der Waals surface area contributed by atoms with Gasteiger partial charge in [0.2, 0.25) is 0 Å². The molecule has 0 aliphatic carbocycles. The van der Waals surface area contributed by atoms with Gasteiger partial charge in [0.25, 0.3) is 0 Å². The third-order valence-electron chi connectivity index (χ3n) is 2.05. The Balaban J connectivity index is 2.54. The van der Waals surface area contributed by atoms with E-state index in [2.05, 4.69) is 5.32 Å². The number of aliphatic hydroxyl groups is 2. The number of rotatable bonds is 5. The molecule has 0 radical (unpaired) electrons. The van der Waals surface area contributed by atoms with Gasteiger partial charge in [0.1, 0.15) is 0 Å². The second-order valence-corrected chi connectivity index (χ2v) is 3.23. The number of phenolic OH excluding ortho intramolecular Hbond substituents is 1. The number of hydrogen-bond acceptors (Lipinski definition) is 4. The van der Waals surface area contributed by atoms with Gasteiger partial charge in [-0.05, 0) is 17.7 Å². The summed E-state index contributed by atoms with van der Waals surface area (Å²) in [6, 6.07) is 3.62. The van der Waals surface area contributed by atoms with Crippen LogP contribution in [0.1, 0.15) is 5.56 Å². The van der Waals surface area contributed by atoms with Crippen LogP contribution in [0.4, 0.5) is 4.39 Å². The monoisotopic (exact) mass is 215 g/mol. The molecule has 5 heteroatoms. The standard InChI is InChI=1S/C10H14FNO3/c11-9-3-7(1-2-10(9)15)4-12-8(5-13)6-14/h1-3,8,12-15H,4-6H2. The van der Waals surface area contributed by atoms with E-state index in [4.69, 9.17) is 15.3 Å². The molecule has 0 fully saturated rings. The Morgan fingerprint density at radius 3 is 2.47 bits per heavy atom. The highest BCUT2D eigenvalue weighted by Gasteiger charge is 2.06. The van der Waals surface area contributed by atoms with Gasteiger partial charge in [-0.3, -0.25) is 0 Å². The van der Waals surface area contributed by atoms with Crippen molar-refractivity contribution in [1.29, 1.82) is 0 Å². The molecule has 0 aromatic heterocycles.